The Hall–Kier alpha value is -2.57. The van der Waals surface area contributed by atoms with Crippen LogP contribution in [0.5, 0.6) is 0 Å². The zero-order valence-corrected chi connectivity index (χ0v) is 14.2. The van der Waals surface area contributed by atoms with E-state index in [1.54, 1.807) is 0 Å². The standard InChI is InChI=1S/C22H22O3/c23-15-7-1-2-12-22(24)25-21-16-19-10-4-3-8-17(19)13-14-18-9-5-6-11-20(18)21/h3-6,8-11,21,23H,1-2,7,12,15-16H2. The molecule has 1 unspecified atom stereocenters. The van der Waals surface area contributed by atoms with Crippen molar-refractivity contribution < 1.29 is 14.6 Å². The molecule has 0 spiro atoms. The number of aliphatic hydroxyl groups excluding tert-OH is 1. The number of hydrogen-bond acceptors (Lipinski definition) is 3. The van der Waals surface area contributed by atoms with Crippen LogP contribution < -0.4 is 0 Å². The second kappa shape index (κ2) is 8.50. The second-order valence-electron chi connectivity index (χ2n) is 6.21. The highest BCUT2D eigenvalue weighted by atomic mass is 16.5. The molecule has 1 N–H and O–H groups in total. The van der Waals surface area contributed by atoms with E-state index in [1.807, 2.05) is 48.5 Å². The Morgan fingerprint density at radius 1 is 1.00 bits per heavy atom. The van der Waals surface area contributed by atoms with E-state index in [0.29, 0.717) is 12.8 Å². The Morgan fingerprint density at radius 2 is 1.72 bits per heavy atom. The summed E-state index contributed by atoms with van der Waals surface area (Å²) in [5.74, 6) is 6.25. The summed E-state index contributed by atoms with van der Waals surface area (Å²) < 4.78 is 5.82. The van der Waals surface area contributed by atoms with E-state index in [1.165, 1.54) is 0 Å². The first kappa shape index (κ1) is 17.3. The number of fused-ring (bicyclic) bond motifs is 2. The van der Waals surface area contributed by atoms with E-state index in [4.69, 9.17) is 9.84 Å². The molecule has 0 fully saturated rings. The smallest absolute Gasteiger partial charge is 0.306 e. The van der Waals surface area contributed by atoms with Crippen LogP contribution in [-0.2, 0) is 16.0 Å². The SMILES string of the molecule is O=C(CCCCCO)OC1Cc2ccccc2C#Cc2ccccc21. The van der Waals surface area contributed by atoms with Crippen molar-refractivity contribution in [2.24, 2.45) is 0 Å². The Kier molecular flexibility index (Phi) is 5.87. The number of ether oxygens (including phenoxy) is 1. The van der Waals surface area contributed by atoms with Gasteiger partial charge in [-0.25, -0.2) is 0 Å². The van der Waals surface area contributed by atoms with Crippen molar-refractivity contribution in [1.29, 1.82) is 0 Å². The molecule has 2 aromatic carbocycles. The molecular weight excluding hydrogens is 312 g/mol. The minimum absolute atomic E-state index is 0.167. The summed E-state index contributed by atoms with van der Waals surface area (Å²) in [6.07, 6.45) is 2.99. The Morgan fingerprint density at radius 3 is 2.56 bits per heavy atom. The third-order valence-corrected chi connectivity index (χ3v) is 4.37. The molecule has 3 heteroatoms. The zero-order chi connectivity index (χ0) is 17.5. The average molecular weight is 334 g/mol. The Labute approximate surface area is 148 Å². The van der Waals surface area contributed by atoms with Crippen LogP contribution in [0.3, 0.4) is 0 Å². The minimum Gasteiger partial charge on any atom is -0.457 e. The molecule has 0 radical (unpaired) electrons. The van der Waals surface area contributed by atoms with E-state index in [-0.39, 0.29) is 18.7 Å². The van der Waals surface area contributed by atoms with Crippen molar-refractivity contribution in [3.63, 3.8) is 0 Å². The maximum Gasteiger partial charge on any atom is 0.306 e. The van der Waals surface area contributed by atoms with Gasteiger partial charge in [-0.2, -0.15) is 0 Å². The molecule has 1 aliphatic rings. The molecule has 0 aliphatic heterocycles. The van der Waals surface area contributed by atoms with Crippen LogP contribution in [0.1, 0.15) is 54.0 Å². The zero-order valence-electron chi connectivity index (χ0n) is 14.2. The van der Waals surface area contributed by atoms with Gasteiger partial charge in [-0.05, 0) is 30.5 Å². The first-order chi connectivity index (χ1) is 12.3. The average Bonchev–Trinajstić information content (AvgIpc) is 2.63. The van der Waals surface area contributed by atoms with Crippen molar-refractivity contribution in [2.45, 2.75) is 38.2 Å². The summed E-state index contributed by atoms with van der Waals surface area (Å²) in [7, 11) is 0. The first-order valence-corrected chi connectivity index (χ1v) is 8.77. The lowest BCUT2D eigenvalue weighted by molar-refractivity contribution is -0.149. The van der Waals surface area contributed by atoms with Crippen LogP contribution in [0, 0.1) is 11.8 Å². The molecule has 25 heavy (non-hydrogen) atoms. The topological polar surface area (TPSA) is 46.5 Å². The lowest BCUT2D eigenvalue weighted by Crippen LogP contribution is -2.16. The monoisotopic (exact) mass is 334 g/mol. The summed E-state index contributed by atoms with van der Waals surface area (Å²) in [6.45, 7) is 0.167. The van der Waals surface area contributed by atoms with Gasteiger partial charge in [0.25, 0.3) is 0 Å². The van der Waals surface area contributed by atoms with Crippen molar-refractivity contribution in [3.05, 3.63) is 70.8 Å². The van der Waals surface area contributed by atoms with Gasteiger partial charge in [0, 0.05) is 36.1 Å². The van der Waals surface area contributed by atoms with Crippen LogP contribution in [0.2, 0.25) is 0 Å². The number of unbranched alkanes of at least 4 members (excludes halogenated alkanes) is 2. The summed E-state index contributed by atoms with van der Waals surface area (Å²) in [5, 5.41) is 8.82. The molecule has 128 valence electrons. The summed E-state index contributed by atoms with van der Waals surface area (Å²) in [6, 6.07) is 15.9. The maximum absolute atomic E-state index is 12.3. The molecule has 1 atom stereocenters. The molecule has 0 aromatic heterocycles. The van der Waals surface area contributed by atoms with Crippen LogP contribution in [0.4, 0.5) is 0 Å². The van der Waals surface area contributed by atoms with Gasteiger partial charge < -0.3 is 9.84 Å². The Balaban J connectivity index is 1.81. The summed E-state index contributed by atoms with van der Waals surface area (Å²) >= 11 is 0. The van der Waals surface area contributed by atoms with Gasteiger partial charge in [0.2, 0.25) is 0 Å². The van der Waals surface area contributed by atoms with Crippen LogP contribution in [-0.4, -0.2) is 17.7 Å². The van der Waals surface area contributed by atoms with E-state index < -0.39 is 0 Å². The third-order valence-electron chi connectivity index (χ3n) is 4.37. The molecule has 0 bridgehead atoms. The number of aliphatic hydroxyl groups is 1. The number of carbonyl (C=O) groups excluding carboxylic acids is 1. The van der Waals surface area contributed by atoms with Crippen LogP contribution in [0.25, 0.3) is 0 Å². The second-order valence-corrected chi connectivity index (χ2v) is 6.21. The largest absolute Gasteiger partial charge is 0.457 e. The molecule has 1 aliphatic carbocycles. The number of benzene rings is 2. The number of carbonyl (C=O) groups is 1. The first-order valence-electron chi connectivity index (χ1n) is 8.77. The molecule has 0 saturated heterocycles. The number of hydrogen-bond donors (Lipinski definition) is 1. The summed E-state index contributed by atoms with van der Waals surface area (Å²) in [5.41, 5.74) is 3.96. The van der Waals surface area contributed by atoms with Gasteiger partial charge in [0.05, 0.1) is 0 Å². The van der Waals surface area contributed by atoms with Gasteiger partial charge in [-0.3, -0.25) is 4.79 Å². The summed E-state index contributed by atoms with van der Waals surface area (Å²) in [4.78, 5) is 12.3. The fraction of sp³-hybridized carbons (Fsp3) is 0.318. The van der Waals surface area contributed by atoms with Gasteiger partial charge in [-0.1, -0.05) is 54.7 Å². The van der Waals surface area contributed by atoms with Gasteiger partial charge in [-0.15, -0.1) is 0 Å². The predicted octanol–water partition coefficient (Wildman–Crippen LogP) is 3.78. The van der Waals surface area contributed by atoms with E-state index >= 15 is 0 Å². The molecule has 3 rings (SSSR count). The number of esters is 1. The van der Waals surface area contributed by atoms with Gasteiger partial charge >= 0.3 is 5.97 Å². The lowest BCUT2D eigenvalue weighted by atomic mass is 9.92. The highest BCUT2D eigenvalue weighted by Crippen LogP contribution is 2.29. The Bertz CT molecular complexity index is 798. The highest BCUT2D eigenvalue weighted by molar-refractivity contribution is 5.70. The van der Waals surface area contributed by atoms with Crippen molar-refractivity contribution >= 4 is 5.97 Å². The quantitative estimate of drug-likeness (QED) is 0.497. The maximum atomic E-state index is 12.3. The highest BCUT2D eigenvalue weighted by Gasteiger charge is 2.22. The van der Waals surface area contributed by atoms with E-state index in [0.717, 1.165) is 41.5 Å². The molecule has 3 nitrogen and oxygen atoms in total. The number of rotatable bonds is 6. The van der Waals surface area contributed by atoms with E-state index in [9.17, 15) is 4.79 Å². The van der Waals surface area contributed by atoms with Crippen LogP contribution in [0.15, 0.2) is 48.5 Å². The molecular formula is C22H22O3. The fourth-order valence-corrected chi connectivity index (χ4v) is 3.04. The molecule has 0 saturated carbocycles. The van der Waals surface area contributed by atoms with Gasteiger partial charge in [0.15, 0.2) is 0 Å². The van der Waals surface area contributed by atoms with Crippen molar-refractivity contribution in [3.8, 4) is 11.8 Å². The molecule has 0 heterocycles. The fourth-order valence-electron chi connectivity index (χ4n) is 3.04. The lowest BCUT2D eigenvalue weighted by Gasteiger charge is -2.22. The van der Waals surface area contributed by atoms with Gasteiger partial charge in [0.1, 0.15) is 6.10 Å². The molecule has 2 aromatic rings. The minimum atomic E-state index is -0.322. The van der Waals surface area contributed by atoms with E-state index in [2.05, 4.69) is 11.8 Å². The molecule has 0 amide bonds. The van der Waals surface area contributed by atoms with Crippen molar-refractivity contribution in [2.75, 3.05) is 6.61 Å². The predicted molar refractivity (Wildman–Crippen MR) is 97.0 cm³/mol. The third kappa shape index (κ3) is 4.49. The van der Waals surface area contributed by atoms with Crippen molar-refractivity contribution in [1.82, 2.24) is 0 Å². The van der Waals surface area contributed by atoms with Crippen LogP contribution >= 0.6 is 0 Å². The normalized spacial score (nSPS) is 15.0.